The lowest BCUT2D eigenvalue weighted by Gasteiger charge is -2.27. The fourth-order valence-corrected chi connectivity index (χ4v) is 9.87. The number of rotatable bonds is 9. The van der Waals surface area contributed by atoms with Crippen molar-refractivity contribution in [3.05, 3.63) is 273 Å². The van der Waals surface area contributed by atoms with Crippen molar-refractivity contribution in [1.29, 1.82) is 0 Å². The van der Waals surface area contributed by atoms with Gasteiger partial charge in [-0.2, -0.15) is 0 Å². The first-order valence-corrected chi connectivity index (χ1v) is 23.1. The maximum atomic E-state index is 2.42. The van der Waals surface area contributed by atoms with Crippen molar-refractivity contribution in [3.63, 3.8) is 0 Å². The molecule has 12 aromatic carbocycles. The number of nitrogens with zero attached hydrogens (tertiary/aromatic N) is 1. The van der Waals surface area contributed by atoms with Gasteiger partial charge in [-0.05, 0) is 166 Å². The van der Waals surface area contributed by atoms with Gasteiger partial charge in [0.1, 0.15) is 0 Å². The molecule has 0 saturated heterocycles. The van der Waals surface area contributed by atoms with Crippen LogP contribution in [-0.2, 0) is 0 Å². The number of fused-ring (bicyclic) bond motifs is 4. The Hall–Kier alpha value is -8.78. The molecule has 1 heteroatoms. The maximum absolute atomic E-state index is 2.42. The van der Waals surface area contributed by atoms with Crippen LogP contribution in [0.1, 0.15) is 0 Å². The lowest BCUT2D eigenvalue weighted by atomic mass is 9.90. The Bertz CT molecular complexity index is 3650. The Morgan fingerprint density at radius 2 is 0.537 bits per heavy atom. The summed E-state index contributed by atoms with van der Waals surface area (Å²) in [5, 5.41) is 7.42. The molecule has 67 heavy (non-hydrogen) atoms. The Kier molecular flexibility index (Phi) is 10.3. The zero-order valence-electron chi connectivity index (χ0n) is 36.9. The van der Waals surface area contributed by atoms with Gasteiger partial charge in [-0.3, -0.25) is 0 Å². The summed E-state index contributed by atoms with van der Waals surface area (Å²) in [7, 11) is 0. The van der Waals surface area contributed by atoms with Crippen molar-refractivity contribution >= 4 is 49.4 Å². The van der Waals surface area contributed by atoms with E-state index in [1.54, 1.807) is 0 Å². The van der Waals surface area contributed by atoms with E-state index in [1.807, 2.05) is 0 Å². The molecular weight excluding hydrogens is 807 g/mol. The largest absolute Gasteiger partial charge is 0.310 e. The third-order valence-electron chi connectivity index (χ3n) is 13.2. The zero-order valence-corrected chi connectivity index (χ0v) is 36.9. The van der Waals surface area contributed by atoms with Gasteiger partial charge in [0.2, 0.25) is 0 Å². The summed E-state index contributed by atoms with van der Waals surface area (Å²) in [6, 6.07) is 99.6. The Balaban J connectivity index is 1.02. The summed E-state index contributed by atoms with van der Waals surface area (Å²) in [6.45, 7) is 0. The van der Waals surface area contributed by atoms with Gasteiger partial charge in [0.15, 0.2) is 0 Å². The topological polar surface area (TPSA) is 3.24 Å². The Labute approximate surface area is 392 Å². The van der Waals surface area contributed by atoms with Crippen LogP contribution in [0.4, 0.5) is 17.1 Å². The van der Waals surface area contributed by atoms with Crippen molar-refractivity contribution in [2.45, 2.75) is 0 Å². The van der Waals surface area contributed by atoms with E-state index in [0.717, 1.165) is 22.6 Å². The minimum absolute atomic E-state index is 1.08. The second-order valence-corrected chi connectivity index (χ2v) is 17.3. The highest BCUT2D eigenvalue weighted by Crippen LogP contribution is 2.44. The highest BCUT2D eigenvalue weighted by atomic mass is 15.1. The summed E-state index contributed by atoms with van der Waals surface area (Å²) in [5.74, 6) is 0. The van der Waals surface area contributed by atoms with Crippen LogP contribution < -0.4 is 4.90 Å². The van der Waals surface area contributed by atoms with Gasteiger partial charge in [-0.25, -0.2) is 0 Å². The van der Waals surface area contributed by atoms with Gasteiger partial charge in [-0.15, -0.1) is 0 Å². The monoisotopic (exact) mass is 851 g/mol. The minimum Gasteiger partial charge on any atom is -0.310 e. The highest BCUT2D eigenvalue weighted by molar-refractivity contribution is 6.16. The number of benzene rings is 12. The predicted molar refractivity (Wildman–Crippen MR) is 286 cm³/mol. The van der Waals surface area contributed by atoms with Gasteiger partial charge in [0.25, 0.3) is 0 Å². The van der Waals surface area contributed by atoms with E-state index in [0.29, 0.717) is 0 Å². The Morgan fingerprint density at radius 1 is 0.179 bits per heavy atom. The molecule has 0 bridgehead atoms. The number of anilines is 3. The summed E-state index contributed by atoms with van der Waals surface area (Å²) in [4.78, 5) is 2.42. The molecule has 0 atom stereocenters. The fraction of sp³-hybridized carbons (Fsp3) is 0. The van der Waals surface area contributed by atoms with Crippen LogP contribution in [0.25, 0.3) is 99.1 Å². The fourth-order valence-electron chi connectivity index (χ4n) is 9.87. The first-order chi connectivity index (χ1) is 33.2. The van der Waals surface area contributed by atoms with Gasteiger partial charge >= 0.3 is 0 Å². The molecule has 314 valence electrons. The third-order valence-corrected chi connectivity index (χ3v) is 13.2. The third kappa shape index (κ3) is 7.73. The van der Waals surface area contributed by atoms with Crippen LogP contribution in [0.2, 0.25) is 0 Å². The van der Waals surface area contributed by atoms with Crippen LogP contribution >= 0.6 is 0 Å². The molecule has 0 aliphatic heterocycles. The van der Waals surface area contributed by atoms with Crippen LogP contribution in [-0.4, -0.2) is 0 Å². The first-order valence-electron chi connectivity index (χ1n) is 23.1. The highest BCUT2D eigenvalue weighted by Gasteiger charge is 2.19. The second kappa shape index (κ2) is 17.3. The van der Waals surface area contributed by atoms with Crippen molar-refractivity contribution in [1.82, 2.24) is 0 Å². The van der Waals surface area contributed by atoms with E-state index in [2.05, 4.69) is 278 Å². The number of hydrogen-bond donors (Lipinski definition) is 0. The van der Waals surface area contributed by atoms with E-state index in [9.17, 15) is 0 Å². The lowest BCUT2D eigenvalue weighted by Crippen LogP contribution is -2.10. The van der Waals surface area contributed by atoms with Crippen molar-refractivity contribution in [2.24, 2.45) is 0 Å². The van der Waals surface area contributed by atoms with Crippen LogP contribution in [0.5, 0.6) is 0 Å². The first kappa shape index (κ1) is 39.8. The zero-order chi connectivity index (χ0) is 44.5. The summed E-state index contributed by atoms with van der Waals surface area (Å²) in [6.07, 6.45) is 0. The summed E-state index contributed by atoms with van der Waals surface area (Å²) in [5.41, 5.74) is 17.6. The van der Waals surface area contributed by atoms with E-state index in [4.69, 9.17) is 0 Å². The SMILES string of the molecule is c1ccc(-c2cccc(-c3ccc(N(c4ccc(-c5cc(-c6ccccc6)cc(-c6ccccc6)c5)cc4)c4cc(-c5cc6ccccc6c6ccccc56)c5ccccc5c4)cc3)c2)cc1. The van der Waals surface area contributed by atoms with Crippen molar-refractivity contribution < 1.29 is 0 Å². The smallest absolute Gasteiger partial charge is 0.0474 e. The number of hydrogen-bond acceptors (Lipinski definition) is 1. The van der Waals surface area contributed by atoms with Crippen molar-refractivity contribution in [2.75, 3.05) is 4.90 Å². The average Bonchev–Trinajstić information content (AvgIpc) is 3.41. The van der Waals surface area contributed by atoms with Gasteiger partial charge in [-0.1, -0.05) is 206 Å². The molecule has 0 fully saturated rings. The maximum Gasteiger partial charge on any atom is 0.0474 e. The molecule has 12 aromatic rings. The van der Waals surface area contributed by atoms with Crippen molar-refractivity contribution in [3.8, 4) is 66.8 Å². The van der Waals surface area contributed by atoms with Crippen LogP contribution in [0.15, 0.2) is 273 Å². The molecule has 1 nitrogen and oxygen atoms in total. The summed E-state index contributed by atoms with van der Waals surface area (Å²) < 4.78 is 0. The molecule has 0 amide bonds. The van der Waals surface area contributed by atoms with Gasteiger partial charge < -0.3 is 4.90 Å². The molecule has 0 N–H and O–H groups in total. The molecule has 0 radical (unpaired) electrons. The molecule has 12 rings (SSSR count). The van der Waals surface area contributed by atoms with Crippen LogP contribution in [0, 0.1) is 0 Å². The Morgan fingerprint density at radius 3 is 1.07 bits per heavy atom. The predicted octanol–water partition coefficient (Wildman–Crippen LogP) is 18.6. The molecular formula is C66H45N. The molecule has 0 unspecified atom stereocenters. The summed E-state index contributed by atoms with van der Waals surface area (Å²) >= 11 is 0. The molecule has 0 saturated carbocycles. The van der Waals surface area contributed by atoms with E-state index < -0.39 is 0 Å². The van der Waals surface area contributed by atoms with E-state index in [1.165, 1.54) is 93.5 Å². The standard InChI is InChI=1S/C66H45N/c1-4-17-46(18-5-1)51-25-16-26-52(39-51)49-31-35-58(36-32-49)67(59-37-33-50(34-38-59)57-41-55(47-19-6-2-7-20-47)40-56(42-57)48-21-8-3-9-22-48)60-43-53-23-10-13-28-62(53)66(45-60)65-44-54-24-11-12-27-61(54)63-29-14-15-30-64(63)65/h1-45H. The van der Waals surface area contributed by atoms with Gasteiger partial charge in [0.05, 0.1) is 0 Å². The molecule has 0 heterocycles. The molecule has 0 aliphatic carbocycles. The van der Waals surface area contributed by atoms with Crippen LogP contribution in [0.3, 0.4) is 0 Å². The molecule has 0 aromatic heterocycles. The molecule has 0 spiro atoms. The van der Waals surface area contributed by atoms with Gasteiger partial charge in [0, 0.05) is 17.1 Å². The molecule has 0 aliphatic rings. The second-order valence-electron chi connectivity index (χ2n) is 17.3. The quantitative estimate of drug-likeness (QED) is 0.131. The average molecular weight is 852 g/mol. The van der Waals surface area contributed by atoms with E-state index in [-0.39, 0.29) is 0 Å². The van der Waals surface area contributed by atoms with E-state index >= 15 is 0 Å². The lowest BCUT2D eigenvalue weighted by molar-refractivity contribution is 1.29. The minimum atomic E-state index is 1.08. The normalized spacial score (nSPS) is 11.3.